The van der Waals surface area contributed by atoms with Gasteiger partial charge in [-0.05, 0) is 30.3 Å². The molecule has 24 heavy (non-hydrogen) atoms. The molecule has 0 unspecified atom stereocenters. The van der Waals surface area contributed by atoms with Crippen LogP contribution in [0.25, 0.3) is 0 Å². The predicted molar refractivity (Wildman–Crippen MR) is 84.1 cm³/mol. The van der Waals surface area contributed by atoms with Crippen molar-refractivity contribution in [3.63, 3.8) is 0 Å². The number of nitrogens with one attached hydrogen (secondary N) is 1. The van der Waals surface area contributed by atoms with Crippen LogP contribution in [-0.2, 0) is 11.0 Å². The number of halogens is 4. The first kappa shape index (κ1) is 16.6. The van der Waals surface area contributed by atoms with Crippen molar-refractivity contribution < 1.29 is 27.4 Å². The topological polar surface area (TPSA) is 47.6 Å². The molecule has 1 atom stereocenters. The number of hydrogen-bond donors (Lipinski definition) is 1. The summed E-state index contributed by atoms with van der Waals surface area (Å²) in [6.07, 6.45) is -5.47. The maximum atomic E-state index is 12.9. The van der Waals surface area contributed by atoms with Gasteiger partial charge >= 0.3 is 6.18 Å². The van der Waals surface area contributed by atoms with E-state index in [0.29, 0.717) is 11.5 Å². The summed E-state index contributed by atoms with van der Waals surface area (Å²) in [6.45, 7) is -0.0223. The molecule has 1 amide bonds. The summed E-state index contributed by atoms with van der Waals surface area (Å²) in [4.78, 5) is 12.2. The highest BCUT2D eigenvalue weighted by Crippen LogP contribution is 2.36. The van der Waals surface area contributed by atoms with Gasteiger partial charge in [0.2, 0.25) is 6.10 Å². The molecular weight excluding hydrogens is 391 g/mol. The Balaban J connectivity index is 1.74. The number of anilines is 1. The Kier molecular flexibility index (Phi) is 4.40. The van der Waals surface area contributed by atoms with Crippen LogP contribution in [0, 0.1) is 0 Å². The Labute approximate surface area is 143 Å². The van der Waals surface area contributed by atoms with Gasteiger partial charge in [-0.2, -0.15) is 13.2 Å². The van der Waals surface area contributed by atoms with E-state index in [9.17, 15) is 18.0 Å². The quantitative estimate of drug-likeness (QED) is 0.818. The third kappa shape index (κ3) is 3.48. The van der Waals surface area contributed by atoms with E-state index in [-0.39, 0.29) is 16.8 Å². The van der Waals surface area contributed by atoms with Crippen molar-refractivity contribution in [2.45, 2.75) is 12.3 Å². The summed E-state index contributed by atoms with van der Waals surface area (Å²) < 4.78 is 49.5. The van der Waals surface area contributed by atoms with Crippen LogP contribution in [0.4, 0.5) is 18.9 Å². The molecule has 0 aliphatic carbocycles. The number of rotatable bonds is 2. The van der Waals surface area contributed by atoms with Crippen molar-refractivity contribution in [3.05, 3.63) is 52.5 Å². The van der Waals surface area contributed by atoms with Crippen molar-refractivity contribution in [3.8, 4) is 11.5 Å². The molecule has 1 aliphatic rings. The number of amides is 1. The van der Waals surface area contributed by atoms with E-state index in [2.05, 4.69) is 21.2 Å². The fourth-order valence-electron chi connectivity index (χ4n) is 2.19. The van der Waals surface area contributed by atoms with Gasteiger partial charge in [-0.1, -0.05) is 28.1 Å². The molecule has 0 bridgehead atoms. The van der Waals surface area contributed by atoms with E-state index < -0.39 is 23.8 Å². The zero-order valence-corrected chi connectivity index (χ0v) is 13.6. The molecule has 2 aromatic carbocycles. The van der Waals surface area contributed by atoms with Crippen molar-refractivity contribution in [1.82, 2.24) is 0 Å². The lowest BCUT2D eigenvalue weighted by molar-refractivity contribution is -0.138. The highest BCUT2D eigenvalue weighted by Gasteiger charge is 2.34. The lowest BCUT2D eigenvalue weighted by Crippen LogP contribution is -2.40. The van der Waals surface area contributed by atoms with E-state index in [1.54, 1.807) is 24.3 Å². The summed E-state index contributed by atoms with van der Waals surface area (Å²) in [7, 11) is 0. The van der Waals surface area contributed by atoms with Gasteiger partial charge in [0.1, 0.15) is 6.61 Å². The van der Waals surface area contributed by atoms with Crippen LogP contribution in [0.2, 0.25) is 0 Å². The summed E-state index contributed by atoms with van der Waals surface area (Å²) in [5, 5.41) is 2.42. The minimum absolute atomic E-state index is 0.0223. The largest absolute Gasteiger partial charge is 0.485 e. The van der Waals surface area contributed by atoms with Crippen LogP contribution in [0.5, 0.6) is 11.5 Å². The maximum absolute atomic E-state index is 12.9. The molecule has 0 aromatic heterocycles. The van der Waals surface area contributed by atoms with Gasteiger partial charge in [-0.3, -0.25) is 4.79 Å². The van der Waals surface area contributed by atoms with Crippen molar-refractivity contribution >= 4 is 27.5 Å². The molecule has 3 rings (SSSR count). The van der Waals surface area contributed by atoms with Crippen LogP contribution < -0.4 is 14.8 Å². The van der Waals surface area contributed by atoms with Gasteiger partial charge in [-0.25, -0.2) is 0 Å². The van der Waals surface area contributed by atoms with Crippen molar-refractivity contribution in [2.75, 3.05) is 11.9 Å². The summed E-state index contributed by atoms with van der Waals surface area (Å²) in [6, 6.07) is 10.3. The number of carbonyl (C=O) groups is 1. The Morgan fingerprint density at radius 1 is 1.17 bits per heavy atom. The van der Waals surface area contributed by atoms with Crippen molar-refractivity contribution in [2.24, 2.45) is 0 Å². The second kappa shape index (κ2) is 6.35. The Morgan fingerprint density at radius 3 is 2.58 bits per heavy atom. The van der Waals surface area contributed by atoms with Crippen molar-refractivity contribution in [1.29, 1.82) is 0 Å². The SMILES string of the molecule is O=C(Nc1ccc(Br)c(C(F)(F)F)c1)[C@@H]1COc2ccccc2O1. The standard InChI is InChI=1S/C16H11BrF3NO3/c17-11-6-5-9(7-10(11)16(18,19)20)21-15(22)14-8-23-12-3-1-2-4-13(12)24-14/h1-7,14H,8H2,(H,21,22)/t14-/m0/s1. The second-order valence-electron chi connectivity index (χ2n) is 5.05. The molecule has 0 saturated carbocycles. The lowest BCUT2D eigenvalue weighted by atomic mass is 10.2. The minimum atomic E-state index is -4.52. The number of benzene rings is 2. The van der Waals surface area contributed by atoms with Gasteiger partial charge < -0.3 is 14.8 Å². The normalized spacial score (nSPS) is 16.6. The average molecular weight is 402 g/mol. The van der Waals surface area contributed by atoms with Gasteiger partial charge in [-0.15, -0.1) is 0 Å². The van der Waals surface area contributed by atoms with E-state index in [0.717, 1.165) is 6.07 Å². The third-order valence-corrected chi connectivity index (χ3v) is 4.03. The number of hydrogen-bond acceptors (Lipinski definition) is 3. The molecule has 0 spiro atoms. The van der Waals surface area contributed by atoms with Gasteiger partial charge in [0.05, 0.1) is 5.56 Å². The summed E-state index contributed by atoms with van der Waals surface area (Å²) in [5.41, 5.74) is -0.843. The first-order valence-corrected chi connectivity index (χ1v) is 7.70. The zero-order valence-electron chi connectivity index (χ0n) is 12.1. The number of carbonyl (C=O) groups excluding carboxylic acids is 1. The fraction of sp³-hybridized carbons (Fsp3) is 0.188. The predicted octanol–water partition coefficient (Wildman–Crippen LogP) is 4.25. The average Bonchev–Trinajstić information content (AvgIpc) is 2.55. The molecule has 8 heteroatoms. The molecule has 1 aliphatic heterocycles. The summed E-state index contributed by atoms with van der Waals surface area (Å²) in [5.74, 6) is 0.347. The molecule has 0 fully saturated rings. The number of para-hydroxylation sites is 2. The van der Waals surface area contributed by atoms with E-state index in [1.165, 1.54) is 12.1 Å². The first-order valence-electron chi connectivity index (χ1n) is 6.90. The van der Waals surface area contributed by atoms with E-state index in [4.69, 9.17) is 9.47 Å². The van der Waals surface area contributed by atoms with Gasteiger partial charge in [0.25, 0.3) is 5.91 Å². The molecule has 1 heterocycles. The smallest absolute Gasteiger partial charge is 0.417 e. The van der Waals surface area contributed by atoms with Crippen LogP contribution in [-0.4, -0.2) is 18.6 Å². The van der Waals surface area contributed by atoms with Crippen LogP contribution in [0.1, 0.15) is 5.56 Å². The fourth-order valence-corrected chi connectivity index (χ4v) is 2.66. The van der Waals surface area contributed by atoms with E-state index in [1.807, 2.05) is 0 Å². The highest BCUT2D eigenvalue weighted by molar-refractivity contribution is 9.10. The first-order chi connectivity index (χ1) is 11.3. The van der Waals surface area contributed by atoms with Crippen LogP contribution in [0.15, 0.2) is 46.9 Å². The molecule has 4 nitrogen and oxygen atoms in total. The minimum Gasteiger partial charge on any atom is -0.485 e. The zero-order chi connectivity index (χ0) is 17.3. The number of alkyl halides is 3. The van der Waals surface area contributed by atoms with Gasteiger partial charge in [0, 0.05) is 10.2 Å². The second-order valence-corrected chi connectivity index (χ2v) is 5.90. The Morgan fingerprint density at radius 2 is 1.88 bits per heavy atom. The molecule has 126 valence electrons. The molecule has 0 radical (unpaired) electrons. The third-order valence-electron chi connectivity index (χ3n) is 3.34. The lowest BCUT2D eigenvalue weighted by Gasteiger charge is -2.25. The van der Waals surface area contributed by atoms with Gasteiger partial charge in [0.15, 0.2) is 11.5 Å². The maximum Gasteiger partial charge on any atom is 0.417 e. The van der Waals surface area contributed by atoms with Crippen LogP contribution >= 0.6 is 15.9 Å². The molecular formula is C16H11BrF3NO3. The molecule has 0 saturated heterocycles. The Bertz CT molecular complexity index is 779. The Hall–Kier alpha value is -2.22. The molecule has 1 N–H and O–H groups in total. The van der Waals surface area contributed by atoms with Crippen LogP contribution in [0.3, 0.4) is 0 Å². The number of fused-ring (bicyclic) bond motifs is 1. The number of ether oxygens (including phenoxy) is 2. The molecule has 2 aromatic rings. The van der Waals surface area contributed by atoms with E-state index >= 15 is 0 Å². The highest BCUT2D eigenvalue weighted by atomic mass is 79.9. The monoisotopic (exact) mass is 401 g/mol. The summed E-state index contributed by atoms with van der Waals surface area (Å²) >= 11 is 2.85.